The van der Waals surface area contributed by atoms with Gasteiger partial charge in [-0.2, -0.15) is 0 Å². The van der Waals surface area contributed by atoms with E-state index in [0.29, 0.717) is 12.5 Å². The molecule has 3 heteroatoms. The number of hydrogen-bond acceptors (Lipinski definition) is 3. The standard InChI is InChI=1S/C15H25NO2/c1-10(2)12-7-13(15(4,8-16)9-17)11(3)6-14(12)18-5/h6-7,10,17H,8-9,16H2,1-5H3. The van der Waals surface area contributed by atoms with E-state index in [1.54, 1.807) is 7.11 Å². The van der Waals surface area contributed by atoms with Crippen LogP contribution in [0.3, 0.4) is 0 Å². The van der Waals surface area contributed by atoms with Crippen LogP contribution in [0.15, 0.2) is 12.1 Å². The second-order valence-corrected chi connectivity index (χ2v) is 5.49. The highest BCUT2D eigenvalue weighted by molar-refractivity contribution is 5.47. The fourth-order valence-electron chi connectivity index (χ4n) is 2.24. The molecule has 1 aromatic carbocycles. The summed E-state index contributed by atoms with van der Waals surface area (Å²) in [6.45, 7) is 8.77. The minimum atomic E-state index is -0.389. The smallest absolute Gasteiger partial charge is 0.122 e. The summed E-state index contributed by atoms with van der Waals surface area (Å²) in [7, 11) is 1.69. The van der Waals surface area contributed by atoms with Crippen molar-refractivity contribution in [2.24, 2.45) is 5.73 Å². The van der Waals surface area contributed by atoms with Crippen LogP contribution in [0, 0.1) is 6.92 Å². The van der Waals surface area contributed by atoms with Crippen LogP contribution in [0.2, 0.25) is 0 Å². The lowest BCUT2D eigenvalue weighted by molar-refractivity contribution is 0.209. The van der Waals surface area contributed by atoms with E-state index in [2.05, 4.69) is 19.9 Å². The molecule has 1 atom stereocenters. The maximum absolute atomic E-state index is 9.61. The van der Waals surface area contributed by atoms with E-state index in [1.165, 1.54) is 0 Å². The van der Waals surface area contributed by atoms with Crippen molar-refractivity contribution in [3.05, 3.63) is 28.8 Å². The molecule has 0 aromatic heterocycles. The Labute approximate surface area is 110 Å². The molecule has 0 aliphatic rings. The van der Waals surface area contributed by atoms with Gasteiger partial charge in [0.25, 0.3) is 0 Å². The van der Waals surface area contributed by atoms with Gasteiger partial charge in [0.2, 0.25) is 0 Å². The number of nitrogens with two attached hydrogens (primary N) is 1. The van der Waals surface area contributed by atoms with Crippen LogP contribution >= 0.6 is 0 Å². The molecule has 18 heavy (non-hydrogen) atoms. The normalized spacial score (nSPS) is 14.7. The molecular weight excluding hydrogens is 226 g/mol. The fraction of sp³-hybridized carbons (Fsp3) is 0.600. The number of aryl methyl sites for hydroxylation is 1. The lowest BCUT2D eigenvalue weighted by atomic mass is 9.79. The Morgan fingerprint density at radius 1 is 1.39 bits per heavy atom. The van der Waals surface area contributed by atoms with Crippen molar-refractivity contribution in [1.82, 2.24) is 0 Å². The van der Waals surface area contributed by atoms with Crippen molar-refractivity contribution in [1.29, 1.82) is 0 Å². The first-order valence-electron chi connectivity index (χ1n) is 6.39. The molecule has 1 aromatic rings. The Morgan fingerprint density at radius 2 is 2.00 bits per heavy atom. The SMILES string of the molecule is COc1cc(C)c(C(C)(CN)CO)cc1C(C)C. The van der Waals surface area contributed by atoms with E-state index in [1.807, 2.05) is 19.9 Å². The third-order valence-corrected chi connectivity index (χ3v) is 3.65. The van der Waals surface area contributed by atoms with Crippen LogP contribution < -0.4 is 10.5 Å². The van der Waals surface area contributed by atoms with Gasteiger partial charge in [-0.1, -0.05) is 26.8 Å². The first-order valence-corrected chi connectivity index (χ1v) is 6.39. The Hall–Kier alpha value is -1.06. The summed E-state index contributed by atoms with van der Waals surface area (Å²) in [6.07, 6.45) is 0. The average molecular weight is 251 g/mol. The molecule has 0 aliphatic carbocycles. The van der Waals surface area contributed by atoms with Gasteiger partial charge in [-0.3, -0.25) is 0 Å². The number of hydrogen-bond donors (Lipinski definition) is 2. The van der Waals surface area contributed by atoms with Gasteiger partial charge in [-0.05, 0) is 35.6 Å². The van der Waals surface area contributed by atoms with Crippen molar-refractivity contribution in [3.63, 3.8) is 0 Å². The highest BCUT2D eigenvalue weighted by Gasteiger charge is 2.27. The summed E-state index contributed by atoms with van der Waals surface area (Å²) in [5.41, 5.74) is 8.81. The van der Waals surface area contributed by atoms with Crippen LogP contribution in [0.5, 0.6) is 5.75 Å². The highest BCUT2D eigenvalue weighted by Crippen LogP contribution is 2.34. The monoisotopic (exact) mass is 251 g/mol. The van der Waals surface area contributed by atoms with Crippen LogP contribution in [-0.2, 0) is 5.41 Å². The summed E-state index contributed by atoms with van der Waals surface area (Å²) >= 11 is 0. The van der Waals surface area contributed by atoms with Crippen molar-refractivity contribution in [3.8, 4) is 5.75 Å². The molecule has 3 nitrogen and oxygen atoms in total. The van der Waals surface area contributed by atoms with Gasteiger partial charge in [0.15, 0.2) is 0 Å². The van der Waals surface area contributed by atoms with E-state index in [4.69, 9.17) is 10.5 Å². The number of rotatable bonds is 5. The molecule has 0 amide bonds. The average Bonchev–Trinajstić information content (AvgIpc) is 2.36. The molecule has 0 spiro atoms. The van der Waals surface area contributed by atoms with Crippen molar-refractivity contribution >= 4 is 0 Å². The molecule has 0 heterocycles. The molecule has 102 valence electrons. The van der Waals surface area contributed by atoms with Gasteiger partial charge in [0.1, 0.15) is 5.75 Å². The minimum Gasteiger partial charge on any atom is -0.496 e. The van der Waals surface area contributed by atoms with E-state index >= 15 is 0 Å². The van der Waals surface area contributed by atoms with Gasteiger partial charge < -0.3 is 15.6 Å². The zero-order chi connectivity index (χ0) is 13.9. The number of methoxy groups -OCH3 is 1. The van der Waals surface area contributed by atoms with Crippen LogP contribution in [0.1, 0.15) is 43.4 Å². The van der Waals surface area contributed by atoms with Crippen molar-refractivity contribution < 1.29 is 9.84 Å². The predicted octanol–water partition coefficient (Wildman–Crippen LogP) is 2.34. The van der Waals surface area contributed by atoms with Crippen molar-refractivity contribution in [2.75, 3.05) is 20.3 Å². The Bertz CT molecular complexity index is 409. The topological polar surface area (TPSA) is 55.5 Å². The summed E-state index contributed by atoms with van der Waals surface area (Å²) in [4.78, 5) is 0. The summed E-state index contributed by atoms with van der Waals surface area (Å²) in [5, 5.41) is 9.61. The van der Waals surface area contributed by atoms with E-state index in [9.17, 15) is 5.11 Å². The largest absolute Gasteiger partial charge is 0.496 e. The van der Waals surface area contributed by atoms with Crippen molar-refractivity contribution in [2.45, 2.75) is 39.0 Å². The van der Waals surface area contributed by atoms with Crippen LogP contribution in [0.25, 0.3) is 0 Å². The van der Waals surface area contributed by atoms with Crippen LogP contribution in [0.4, 0.5) is 0 Å². The Balaban J connectivity index is 3.42. The fourth-order valence-corrected chi connectivity index (χ4v) is 2.24. The van der Waals surface area contributed by atoms with Gasteiger partial charge in [-0.25, -0.2) is 0 Å². The summed E-state index contributed by atoms with van der Waals surface area (Å²) in [6, 6.07) is 4.16. The van der Waals surface area contributed by atoms with Gasteiger partial charge in [0, 0.05) is 12.0 Å². The molecule has 1 rings (SSSR count). The maximum atomic E-state index is 9.61. The van der Waals surface area contributed by atoms with E-state index in [0.717, 1.165) is 22.4 Å². The Kier molecular flexibility index (Phi) is 4.77. The second-order valence-electron chi connectivity index (χ2n) is 5.49. The van der Waals surface area contributed by atoms with Gasteiger partial charge >= 0.3 is 0 Å². The molecule has 0 saturated carbocycles. The second kappa shape index (κ2) is 5.72. The van der Waals surface area contributed by atoms with Gasteiger partial charge in [0.05, 0.1) is 13.7 Å². The number of benzene rings is 1. The Morgan fingerprint density at radius 3 is 2.39 bits per heavy atom. The molecule has 0 aliphatic heterocycles. The lowest BCUT2D eigenvalue weighted by Crippen LogP contribution is -2.36. The molecular formula is C15H25NO2. The first-order chi connectivity index (χ1) is 8.39. The number of ether oxygens (including phenoxy) is 1. The molecule has 0 bridgehead atoms. The molecule has 3 N–H and O–H groups in total. The van der Waals surface area contributed by atoms with Gasteiger partial charge in [-0.15, -0.1) is 0 Å². The quantitative estimate of drug-likeness (QED) is 0.844. The van der Waals surface area contributed by atoms with Crippen LogP contribution in [-0.4, -0.2) is 25.4 Å². The summed E-state index contributed by atoms with van der Waals surface area (Å²) in [5.74, 6) is 1.28. The minimum absolute atomic E-state index is 0.0498. The summed E-state index contributed by atoms with van der Waals surface area (Å²) < 4.78 is 5.43. The maximum Gasteiger partial charge on any atom is 0.122 e. The number of aliphatic hydroxyl groups is 1. The third kappa shape index (κ3) is 2.68. The molecule has 0 fully saturated rings. The molecule has 1 unspecified atom stereocenters. The third-order valence-electron chi connectivity index (χ3n) is 3.65. The first kappa shape index (κ1) is 15.0. The zero-order valence-corrected chi connectivity index (χ0v) is 12.1. The van der Waals surface area contributed by atoms with E-state index in [-0.39, 0.29) is 12.0 Å². The zero-order valence-electron chi connectivity index (χ0n) is 12.1. The van der Waals surface area contributed by atoms with E-state index < -0.39 is 0 Å². The molecule has 0 saturated heterocycles. The lowest BCUT2D eigenvalue weighted by Gasteiger charge is -2.29. The molecule has 0 radical (unpaired) electrons. The number of aliphatic hydroxyl groups excluding tert-OH is 1. The highest BCUT2D eigenvalue weighted by atomic mass is 16.5. The predicted molar refractivity (Wildman–Crippen MR) is 75.3 cm³/mol.